The lowest BCUT2D eigenvalue weighted by Crippen LogP contribution is -2.43. The summed E-state index contributed by atoms with van der Waals surface area (Å²) in [5.41, 5.74) is 2.00. The summed E-state index contributed by atoms with van der Waals surface area (Å²) in [7, 11) is 0. The first-order valence-electron chi connectivity index (χ1n) is 9.54. The van der Waals surface area contributed by atoms with Gasteiger partial charge in [0.15, 0.2) is 6.61 Å². The van der Waals surface area contributed by atoms with Crippen molar-refractivity contribution in [1.29, 1.82) is 0 Å². The summed E-state index contributed by atoms with van der Waals surface area (Å²) in [6, 6.07) is 13.2. The van der Waals surface area contributed by atoms with Gasteiger partial charge in [0, 0.05) is 5.69 Å². The van der Waals surface area contributed by atoms with Crippen LogP contribution in [0.2, 0.25) is 5.02 Å². The number of halogens is 1. The fourth-order valence-electron chi connectivity index (χ4n) is 2.67. The number of hydrogen-bond donors (Lipinski definition) is 2. The molecule has 160 valence electrons. The topological polar surface area (TPSA) is 84.5 Å². The molecular weight excluding hydrogens is 424 g/mol. The van der Waals surface area contributed by atoms with Crippen LogP contribution in [0, 0.1) is 0 Å². The number of amides is 2. The predicted octanol–water partition coefficient (Wildman–Crippen LogP) is 3.94. The molecule has 0 saturated heterocycles. The number of esters is 1. The zero-order valence-corrected chi connectivity index (χ0v) is 18.5. The summed E-state index contributed by atoms with van der Waals surface area (Å²) in [5.74, 6) is -0.942. The molecule has 0 aliphatic heterocycles. The molecule has 0 heterocycles. The quantitative estimate of drug-likeness (QED) is 0.538. The molecule has 0 aliphatic carbocycles. The molecule has 30 heavy (non-hydrogen) atoms. The molecule has 0 aromatic heterocycles. The third-order valence-corrected chi connectivity index (χ3v) is 5.26. The number of hydrogen-bond acceptors (Lipinski definition) is 5. The summed E-state index contributed by atoms with van der Waals surface area (Å²) in [4.78, 5) is 37.1. The molecule has 2 amide bonds. The van der Waals surface area contributed by atoms with Crippen molar-refractivity contribution in [2.75, 3.05) is 23.9 Å². The number of ether oxygens (including phenoxy) is 1. The molecule has 8 heteroatoms. The van der Waals surface area contributed by atoms with Gasteiger partial charge in [0.2, 0.25) is 0 Å². The number of nitrogens with one attached hydrogen (secondary N) is 2. The van der Waals surface area contributed by atoms with Crippen molar-refractivity contribution in [1.82, 2.24) is 5.32 Å². The van der Waals surface area contributed by atoms with Crippen LogP contribution in [0.1, 0.15) is 29.3 Å². The minimum Gasteiger partial charge on any atom is -0.454 e. The third-order valence-electron chi connectivity index (χ3n) is 4.28. The molecule has 0 radical (unpaired) electrons. The Bertz CT molecular complexity index is 891. The number of carbonyl (C=O) groups excluding carboxylic acids is 3. The Hall–Kier alpha value is -2.51. The second kappa shape index (κ2) is 12.2. The molecule has 1 atom stereocenters. The minimum absolute atomic E-state index is 0.273. The van der Waals surface area contributed by atoms with Crippen molar-refractivity contribution in [2.24, 2.45) is 0 Å². The normalized spacial score (nSPS) is 11.4. The van der Waals surface area contributed by atoms with Gasteiger partial charge in [0.05, 0.1) is 10.6 Å². The number of thioether (sulfide) groups is 1. The Balaban J connectivity index is 1.94. The average Bonchev–Trinajstić information content (AvgIpc) is 2.75. The molecule has 0 bridgehead atoms. The molecule has 0 fully saturated rings. The second-order valence-electron chi connectivity index (χ2n) is 6.50. The monoisotopic (exact) mass is 448 g/mol. The molecule has 1 unspecified atom stereocenters. The molecule has 2 N–H and O–H groups in total. The van der Waals surface area contributed by atoms with Gasteiger partial charge in [0.1, 0.15) is 6.04 Å². The number of anilines is 1. The summed E-state index contributed by atoms with van der Waals surface area (Å²) >= 11 is 7.59. The van der Waals surface area contributed by atoms with E-state index in [4.69, 9.17) is 16.3 Å². The highest BCUT2D eigenvalue weighted by Crippen LogP contribution is 2.15. The lowest BCUT2D eigenvalue weighted by atomic mass is 10.1. The zero-order valence-electron chi connectivity index (χ0n) is 16.9. The summed E-state index contributed by atoms with van der Waals surface area (Å²) in [6.07, 6.45) is 3.12. The molecule has 0 aliphatic rings. The van der Waals surface area contributed by atoms with Crippen LogP contribution in [0.5, 0.6) is 0 Å². The Morgan fingerprint density at radius 3 is 2.60 bits per heavy atom. The second-order valence-corrected chi connectivity index (χ2v) is 7.89. The molecule has 2 aromatic rings. The van der Waals surface area contributed by atoms with Gasteiger partial charge in [-0.2, -0.15) is 11.8 Å². The average molecular weight is 449 g/mol. The first kappa shape index (κ1) is 23.8. The lowest BCUT2D eigenvalue weighted by Gasteiger charge is -2.17. The number of aryl methyl sites for hydroxylation is 1. The number of carbonyl (C=O) groups is 3. The minimum atomic E-state index is -0.877. The molecule has 2 aromatic carbocycles. The number of rotatable bonds is 10. The summed E-state index contributed by atoms with van der Waals surface area (Å²) in [5, 5.41) is 5.65. The van der Waals surface area contributed by atoms with Crippen molar-refractivity contribution >= 4 is 46.8 Å². The van der Waals surface area contributed by atoms with E-state index in [9.17, 15) is 14.4 Å². The first-order chi connectivity index (χ1) is 14.4. The maximum atomic E-state index is 12.5. The van der Waals surface area contributed by atoms with E-state index in [0.717, 1.165) is 12.0 Å². The predicted molar refractivity (Wildman–Crippen MR) is 121 cm³/mol. The Kier molecular flexibility index (Phi) is 9.70. The van der Waals surface area contributed by atoms with Gasteiger partial charge in [-0.15, -0.1) is 0 Å². The molecule has 0 spiro atoms. The van der Waals surface area contributed by atoms with E-state index < -0.39 is 30.4 Å². The van der Waals surface area contributed by atoms with Crippen LogP contribution in [0.25, 0.3) is 0 Å². The Morgan fingerprint density at radius 2 is 1.90 bits per heavy atom. The van der Waals surface area contributed by atoms with Crippen LogP contribution < -0.4 is 10.6 Å². The number of benzene rings is 2. The van der Waals surface area contributed by atoms with Gasteiger partial charge in [-0.3, -0.25) is 9.59 Å². The van der Waals surface area contributed by atoms with E-state index in [-0.39, 0.29) is 5.56 Å². The molecule has 2 rings (SSSR count). The van der Waals surface area contributed by atoms with E-state index >= 15 is 0 Å². The van der Waals surface area contributed by atoms with Crippen molar-refractivity contribution < 1.29 is 19.1 Å². The van der Waals surface area contributed by atoms with Crippen LogP contribution in [-0.4, -0.2) is 42.4 Å². The molecule has 0 saturated carbocycles. The highest BCUT2D eigenvalue weighted by atomic mass is 35.5. The van der Waals surface area contributed by atoms with Crippen molar-refractivity contribution in [3.8, 4) is 0 Å². The summed E-state index contributed by atoms with van der Waals surface area (Å²) in [6.45, 7) is 1.58. The van der Waals surface area contributed by atoms with Crippen molar-refractivity contribution in [2.45, 2.75) is 25.8 Å². The lowest BCUT2D eigenvalue weighted by molar-refractivity contribution is -0.149. The van der Waals surface area contributed by atoms with E-state index in [1.807, 2.05) is 31.4 Å². The highest BCUT2D eigenvalue weighted by Gasteiger charge is 2.24. The molecular formula is C22H25ClN2O4S. The van der Waals surface area contributed by atoms with Gasteiger partial charge in [0.25, 0.3) is 11.8 Å². The van der Waals surface area contributed by atoms with Crippen LogP contribution in [-0.2, 0) is 20.7 Å². The maximum absolute atomic E-state index is 12.5. The standard InChI is InChI=1S/C22H25ClN2O4S/c1-3-15-7-6-8-16(13-15)24-20(26)14-29-22(28)19(11-12-30-2)25-21(27)17-9-4-5-10-18(17)23/h4-10,13,19H,3,11-12,14H2,1-2H3,(H,24,26)(H,25,27). The fourth-order valence-corrected chi connectivity index (χ4v) is 3.36. The van der Waals surface area contributed by atoms with Crippen LogP contribution in [0.15, 0.2) is 48.5 Å². The Labute approximate surface area is 185 Å². The highest BCUT2D eigenvalue weighted by molar-refractivity contribution is 7.98. The third kappa shape index (κ3) is 7.39. The summed E-state index contributed by atoms with van der Waals surface area (Å²) < 4.78 is 5.15. The SMILES string of the molecule is CCc1cccc(NC(=O)COC(=O)C(CCSC)NC(=O)c2ccccc2Cl)c1. The van der Waals surface area contributed by atoms with E-state index in [2.05, 4.69) is 10.6 Å². The largest absolute Gasteiger partial charge is 0.454 e. The van der Waals surface area contributed by atoms with E-state index in [1.165, 1.54) is 11.8 Å². The smallest absolute Gasteiger partial charge is 0.329 e. The van der Waals surface area contributed by atoms with Gasteiger partial charge in [-0.1, -0.05) is 42.8 Å². The van der Waals surface area contributed by atoms with Gasteiger partial charge < -0.3 is 15.4 Å². The first-order valence-corrected chi connectivity index (χ1v) is 11.3. The van der Waals surface area contributed by atoms with E-state index in [0.29, 0.717) is 22.9 Å². The van der Waals surface area contributed by atoms with Gasteiger partial charge in [-0.05, 0) is 54.7 Å². The fraction of sp³-hybridized carbons (Fsp3) is 0.318. The van der Waals surface area contributed by atoms with Crippen molar-refractivity contribution in [3.63, 3.8) is 0 Å². The van der Waals surface area contributed by atoms with Crippen molar-refractivity contribution in [3.05, 3.63) is 64.7 Å². The molecule has 6 nitrogen and oxygen atoms in total. The Morgan fingerprint density at radius 1 is 1.13 bits per heavy atom. The van der Waals surface area contributed by atoms with Crippen LogP contribution in [0.4, 0.5) is 5.69 Å². The van der Waals surface area contributed by atoms with Crippen LogP contribution in [0.3, 0.4) is 0 Å². The van der Waals surface area contributed by atoms with Crippen LogP contribution >= 0.6 is 23.4 Å². The van der Waals surface area contributed by atoms with Gasteiger partial charge >= 0.3 is 5.97 Å². The zero-order chi connectivity index (χ0) is 21.9. The maximum Gasteiger partial charge on any atom is 0.329 e. The van der Waals surface area contributed by atoms with E-state index in [1.54, 1.807) is 30.3 Å². The van der Waals surface area contributed by atoms with Gasteiger partial charge in [-0.25, -0.2) is 4.79 Å².